The van der Waals surface area contributed by atoms with Gasteiger partial charge in [0.05, 0.1) is 6.54 Å². The van der Waals surface area contributed by atoms with Crippen LogP contribution in [0.4, 0.5) is 4.79 Å². The third kappa shape index (κ3) is 4.60. The average Bonchev–Trinajstić information content (AvgIpc) is 2.64. The second-order valence-electron chi connectivity index (χ2n) is 6.78. The van der Waals surface area contributed by atoms with E-state index in [1.807, 2.05) is 16.7 Å². The largest absolute Gasteiger partial charge is 0.480 e. The molecule has 0 bridgehead atoms. The van der Waals surface area contributed by atoms with E-state index >= 15 is 0 Å². The highest BCUT2D eigenvalue weighted by atomic mass is 16.4. The zero-order valence-electron chi connectivity index (χ0n) is 13.8. The van der Waals surface area contributed by atoms with Gasteiger partial charge in [-0.3, -0.25) is 9.69 Å². The molecule has 2 fully saturated rings. The monoisotopic (exact) mass is 311 g/mol. The second kappa shape index (κ2) is 7.81. The Balaban J connectivity index is 1.74. The normalized spacial score (nSPS) is 28.9. The van der Waals surface area contributed by atoms with Crippen molar-refractivity contribution in [3.8, 4) is 0 Å². The van der Waals surface area contributed by atoms with E-state index in [-0.39, 0.29) is 24.7 Å². The third-order valence-electron chi connectivity index (χ3n) is 4.90. The highest BCUT2D eigenvalue weighted by Gasteiger charge is 2.35. The summed E-state index contributed by atoms with van der Waals surface area (Å²) in [5.74, 6) is -0.207. The number of aliphatic carboxylic acids is 1. The van der Waals surface area contributed by atoms with E-state index in [0.29, 0.717) is 5.92 Å². The molecule has 22 heavy (non-hydrogen) atoms. The van der Waals surface area contributed by atoms with Crippen LogP contribution in [-0.4, -0.2) is 65.2 Å². The standard InChI is InChI=1S/C16H29N3O3/c1-3-18(11-15(20)21)14-8-13(9-14)17-16(22)19-7-5-4-6-12(2)10-19/h12-14H,3-11H2,1-2H3,(H,17,22)(H,20,21). The maximum absolute atomic E-state index is 12.3. The summed E-state index contributed by atoms with van der Waals surface area (Å²) >= 11 is 0. The van der Waals surface area contributed by atoms with Crippen molar-refractivity contribution in [3.05, 3.63) is 0 Å². The minimum absolute atomic E-state index is 0.0542. The molecule has 1 unspecified atom stereocenters. The number of likely N-dealkylation sites (N-methyl/N-ethyl adjacent to an activating group) is 1. The molecule has 2 rings (SSSR count). The Morgan fingerprint density at radius 2 is 2.05 bits per heavy atom. The summed E-state index contributed by atoms with van der Waals surface area (Å²) in [6.07, 6.45) is 5.22. The molecular weight excluding hydrogens is 282 g/mol. The predicted octanol–water partition coefficient (Wildman–Crippen LogP) is 1.76. The lowest BCUT2D eigenvalue weighted by Gasteiger charge is -2.42. The van der Waals surface area contributed by atoms with Gasteiger partial charge in [0.25, 0.3) is 0 Å². The first-order valence-corrected chi connectivity index (χ1v) is 8.50. The molecule has 2 aliphatic rings. The molecule has 126 valence electrons. The molecule has 6 nitrogen and oxygen atoms in total. The summed E-state index contributed by atoms with van der Waals surface area (Å²) in [7, 11) is 0. The van der Waals surface area contributed by atoms with Crippen molar-refractivity contribution < 1.29 is 14.7 Å². The molecule has 0 aromatic rings. The van der Waals surface area contributed by atoms with Gasteiger partial charge < -0.3 is 15.3 Å². The summed E-state index contributed by atoms with van der Waals surface area (Å²) in [5.41, 5.74) is 0. The maximum atomic E-state index is 12.3. The van der Waals surface area contributed by atoms with E-state index in [0.717, 1.165) is 38.9 Å². The molecule has 0 aromatic carbocycles. The summed E-state index contributed by atoms with van der Waals surface area (Å²) in [6.45, 7) is 6.71. The molecule has 1 saturated carbocycles. The predicted molar refractivity (Wildman–Crippen MR) is 84.8 cm³/mol. The molecule has 1 aliphatic carbocycles. The van der Waals surface area contributed by atoms with Gasteiger partial charge in [-0.25, -0.2) is 4.79 Å². The molecule has 6 heteroatoms. The average molecular weight is 311 g/mol. The van der Waals surface area contributed by atoms with E-state index < -0.39 is 5.97 Å². The second-order valence-corrected chi connectivity index (χ2v) is 6.78. The van der Waals surface area contributed by atoms with E-state index in [4.69, 9.17) is 5.11 Å². The minimum atomic E-state index is -0.784. The zero-order valence-corrected chi connectivity index (χ0v) is 13.8. The van der Waals surface area contributed by atoms with Crippen molar-refractivity contribution in [2.24, 2.45) is 5.92 Å². The van der Waals surface area contributed by atoms with Crippen LogP contribution in [0.15, 0.2) is 0 Å². The van der Waals surface area contributed by atoms with Crippen LogP contribution < -0.4 is 5.32 Å². The lowest BCUT2D eigenvalue weighted by molar-refractivity contribution is -0.139. The summed E-state index contributed by atoms with van der Waals surface area (Å²) in [6, 6.07) is 0.534. The fourth-order valence-electron chi connectivity index (χ4n) is 3.48. The number of amides is 2. The number of urea groups is 1. The number of nitrogens with zero attached hydrogens (tertiary/aromatic N) is 2. The molecule has 1 aliphatic heterocycles. The summed E-state index contributed by atoms with van der Waals surface area (Å²) < 4.78 is 0. The van der Waals surface area contributed by atoms with Crippen LogP contribution in [-0.2, 0) is 4.79 Å². The Hall–Kier alpha value is -1.30. The number of likely N-dealkylation sites (tertiary alicyclic amines) is 1. The molecule has 1 atom stereocenters. The van der Waals surface area contributed by atoms with Gasteiger partial charge in [-0.1, -0.05) is 20.3 Å². The number of carbonyl (C=O) groups excluding carboxylic acids is 1. The van der Waals surface area contributed by atoms with Crippen molar-refractivity contribution in [1.29, 1.82) is 0 Å². The minimum Gasteiger partial charge on any atom is -0.480 e. The first-order chi connectivity index (χ1) is 10.5. The van der Waals surface area contributed by atoms with Gasteiger partial charge in [-0.05, 0) is 38.1 Å². The Kier molecular flexibility index (Phi) is 6.06. The van der Waals surface area contributed by atoms with Gasteiger partial charge in [0.1, 0.15) is 0 Å². The van der Waals surface area contributed by atoms with Gasteiger partial charge in [0, 0.05) is 25.2 Å². The molecule has 2 amide bonds. The van der Waals surface area contributed by atoms with Crippen molar-refractivity contribution in [2.45, 2.75) is 58.0 Å². The smallest absolute Gasteiger partial charge is 0.317 e. The highest BCUT2D eigenvalue weighted by molar-refractivity contribution is 5.74. The topological polar surface area (TPSA) is 72.9 Å². The summed E-state index contributed by atoms with van der Waals surface area (Å²) in [4.78, 5) is 27.1. The van der Waals surface area contributed by atoms with Gasteiger partial charge in [0.15, 0.2) is 0 Å². The van der Waals surface area contributed by atoms with Crippen LogP contribution in [0.3, 0.4) is 0 Å². The van der Waals surface area contributed by atoms with Crippen molar-refractivity contribution in [2.75, 3.05) is 26.2 Å². The lowest BCUT2D eigenvalue weighted by atomic mass is 9.85. The van der Waals surface area contributed by atoms with Crippen LogP contribution in [0, 0.1) is 5.92 Å². The number of carbonyl (C=O) groups is 2. The lowest BCUT2D eigenvalue weighted by Crippen LogP contribution is -2.57. The molecular formula is C16H29N3O3. The summed E-state index contributed by atoms with van der Waals surface area (Å²) in [5, 5.41) is 12.0. The van der Waals surface area contributed by atoms with Gasteiger partial charge in [-0.2, -0.15) is 0 Å². The number of nitrogens with one attached hydrogen (secondary N) is 1. The fourth-order valence-corrected chi connectivity index (χ4v) is 3.48. The number of carboxylic acid groups (broad SMARTS) is 1. The highest BCUT2D eigenvalue weighted by Crippen LogP contribution is 2.26. The molecule has 0 spiro atoms. The molecule has 0 radical (unpaired) electrons. The van der Waals surface area contributed by atoms with Crippen molar-refractivity contribution >= 4 is 12.0 Å². The van der Waals surface area contributed by atoms with Crippen molar-refractivity contribution in [3.63, 3.8) is 0 Å². The number of hydrogen-bond donors (Lipinski definition) is 2. The Bertz CT molecular complexity index is 396. The molecule has 2 N–H and O–H groups in total. The molecule has 0 aromatic heterocycles. The third-order valence-corrected chi connectivity index (χ3v) is 4.90. The van der Waals surface area contributed by atoms with E-state index in [9.17, 15) is 9.59 Å². The van der Waals surface area contributed by atoms with Crippen LogP contribution >= 0.6 is 0 Å². The molecule has 1 heterocycles. The Morgan fingerprint density at radius 1 is 1.32 bits per heavy atom. The zero-order chi connectivity index (χ0) is 16.1. The number of rotatable bonds is 5. The van der Waals surface area contributed by atoms with Crippen LogP contribution in [0.1, 0.15) is 46.0 Å². The number of hydrogen-bond acceptors (Lipinski definition) is 3. The fraction of sp³-hybridized carbons (Fsp3) is 0.875. The van der Waals surface area contributed by atoms with Gasteiger partial charge in [0.2, 0.25) is 0 Å². The quantitative estimate of drug-likeness (QED) is 0.811. The van der Waals surface area contributed by atoms with E-state index in [2.05, 4.69) is 12.2 Å². The van der Waals surface area contributed by atoms with Gasteiger partial charge >= 0.3 is 12.0 Å². The Morgan fingerprint density at radius 3 is 2.68 bits per heavy atom. The SMILES string of the molecule is CCN(CC(=O)O)C1CC(NC(=O)N2CCCCC(C)C2)C1. The first-order valence-electron chi connectivity index (χ1n) is 8.50. The van der Waals surface area contributed by atoms with Crippen LogP contribution in [0.2, 0.25) is 0 Å². The molecule has 1 saturated heterocycles. The Labute approximate surface area is 132 Å². The van der Waals surface area contributed by atoms with Crippen LogP contribution in [0.25, 0.3) is 0 Å². The maximum Gasteiger partial charge on any atom is 0.317 e. The van der Waals surface area contributed by atoms with Crippen molar-refractivity contribution in [1.82, 2.24) is 15.1 Å². The first kappa shape index (κ1) is 17.1. The van der Waals surface area contributed by atoms with Gasteiger partial charge in [-0.15, -0.1) is 0 Å². The van der Waals surface area contributed by atoms with Crippen LogP contribution in [0.5, 0.6) is 0 Å². The number of carboxylic acids is 1. The van der Waals surface area contributed by atoms with E-state index in [1.54, 1.807) is 0 Å². The van der Waals surface area contributed by atoms with E-state index in [1.165, 1.54) is 12.8 Å².